The van der Waals surface area contributed by atoms with Gasteiger partial charge in [0.2, 0.25) is 34.8 Å². The first-order valence-electron chi connectivity index (χ1n) is 6.90. The van der Waals surface area contributed by atoms with Gasteiger partial charge >= 0.3 is 5.97 Å². The lowest BCUT2D eigenvalue weighted by atomic mass is 10.0. The molecule has 0 saturated carbocycles. The summed E-state index contributed by atoms with van der Waals surface area (Å²) in [5, 5.41) is 10.9. The SMILES string of the molecule is CCC(CCC(=O)Oc1c(F)c(F)c(F)c(F)c1F)C[NH+](C)[O-]. The molecule has 0 saturated heterocycles. The van der Waals surface area contributed by atoms with E-state index in [1.54, 1.807) is 6.92 Å². The Morgan fingerprint density at radius 2 is 1.57 bits per heavy atom. The third kappa shape index (κ3) is 4.87. The average Bonchev–Trinajstić information content (AvgIpc) is 2.51. The number of esters is 1. The molecule has 4 nitrogen and oxygen atoms in total. The molecule has 0 aliphatic heterocycles. The Labute approximate surface area is 129 Å². The van der Waals surface area contributed by atoms with Crippen molar-refractivity contribution in [3.63, 3.8) is 0 Å². The molecule has 0 aliphatic carbocycles. The first-order chi connectivity index (χ1) is 10.7. The maximum Gasteiger partial charge on any atom is 0.311 e. The Hall–Kier alpha value is -1.74. The van der Waals surface area contributed by atoms with Gasteiger partial charge in [-0.2, -0.15) is 8.78 Å². The Bertz CT molecular complexity index is 551. The van der Waals surface area contributed by atoms with Crippen molar-refractivity contribution >= 4 is 5.97 Å². The van der Waals surface area contributed by atoms with Crippen LogP contribution in [0.3, 0.4) is 0 Å². The third-order valence-electron chi connectivity index (χ3n) is 3.30. The average molecular weight is 341 g/mol. The third-order valence-corrected chi connectivity index (χ3v) is 3.30. The lowest BCUT2D eigenvalue weighted by molar-refractivity contribution is -0.830. The molecule has 130 valence electrons. The number of carbonyl (C=O) groups is 1. The lowest BCUT2D eigenvalue weighted by Gasteiger charge is -2.22. The molecule has 0 radical (unpaired) electrons. The monoisotopic (exact) mass is 341 g/mol. The van der Waals surface area contributed by atoms with E-state index in [9.17, 15) is 32.0 Å². The first-order valence-corrected chi connectivity index (χ1v) is 6.90. The van der Waals surface area contributed by atoms with Gasteiger partial charge in [-0.25, -0.2) is 13.2 Å². The molecular weight excluding hydrogens is 325 g/mol. The number of ether oxygens (including phenoxy) is 1. The highest BCUT2D eigenvalue weighted by atomic mass is 19.2. The number of carbonyl (C=O) groups excluding carboxylic acids is 1. The molecule has 0 bridgehead atoms. The van der Waals surface area contributed by atoms with Crippen molar-refractivity contribution in [3.05, 3.63) is 34.3 Å². The van der Waals surface area contributed by atoms with Crippen LogP contribution >= 0.6 is 0 Å². The van der Waals surface area contributed by atoms with Crippen molar-refractivity contribution in [2.24, 2.45) is 5.92 Å². The van der Waals surface area contributed by atoms with E-state index in [1.807, 2.05) is 0 Å². The van der Waals surface area contributed by atoms with Gasteiger partial charge in [-0.05, 0) is 12.8 Å². The van der Waals surface area contributed by atoms with Crippen LogP contribution in [-0.4, -0.2) is 19.6 Å². The highest BCUT2D eigenvalue weighted by Crippen LogP contribution is 2.29. The highest BCUT2D eigenvalue weighted by molar-refractivity contribution is 5.72. The van der Waals surface area contributed by atoms with Crippen LogP contribution in [0, 0.1) is 40.2 Å². The number of benzene rings is 1. The van der Waals surface area contributed by atoms with Gasteiger partial charge in [-0.3, -0.25) is 4.79 Å². The molecule has 0 amide bonds. The number of quaternary nitrogens is 1. The Kier molecular flexibility index (Phi) is 6.89. The van der Waals surface area contributed by atoms with Gasteiger partial charge in [-0.1, -0.05) is 6.92 Å². The second-order valence-electron chi connectivity index (χ2n) is 5.09. The van der Waals surface area contributed by atoms with Gasteiger partial charge in [0.05, 0.1) is 13.6 Å². The number of hydrogen-bond donors (Lipinski definition) is 1. The molecule has 9 heteroatoms. The van der Waals surface area contributed by atoms with Crippen LogP contribution in [0.5, 0.6) is 5.75 Å². The lowest BCUT2D eigenvalue weighted by Crippen LogP contribution is -3.04. The Balaban J connectivity index is 2.79. The molecule has 2 atom stereocenters. The fraction of sp³-hybridized carbons (Fsp3) is 0.500. The highest BCUT2D eigenvalue weighted by Gasteiger charge is 2.28. The van der Waals surface area contributed by atoms with E-state index in [0.29, 0.717) is 6.42 Å². The van der Waals surface area contributed by atoms with Crippen LogP contribution in [0.1, 0.15) is 26.2 Å². The van der Waals surface area contributed by atoms with Crippen LogP contribution in [0.25, 0.3) is 0 Å². The summed E-state index contributed by atoms with van der Waals surface area (Å²) < 4.78 is 69.8. The van der Waals surface area contributed by atoms with Crippen LogP contribution in [0.4, 0.5) is 22.0 Å². The van der Waals surface area contributed by atoms with E-state index in [2.05, 4.69) is 4.74 Å². The van der Waals surface area contributed by atoms with Crippen LogP contribution in [-0.2, 0) is 4.79 Å². The molecule has 0 spiro atoms. The first kappa shape index (κ1) is 19.3. The molecular formula is C14H16F5NO3. The van der Waals surface area contributed by atoms with Crippen LogP contribution in [0.2, 0.25) is 0 Å². The van der Waals surface area contributed by atoms with Gasteiger partial charge in [0, 0.05) is 12.3 Å². The number of nitrogens with one attached hydrogen (secondary N) is 1. The zero-order valence-corrected chi connectivity index (χ0v) is 12.5. The van der Waals surface area contributed by atoms with Crippen molar-refractivity contribution < 1.29 is 36.5 Å². The molecule has 0 heterocycles. The maximum absolute atomic E-state index is 13.4. The second-order valence-corrected chi connectivity index (χ2v) is 5.09. The van der Waals surface area contributed by atoms with Gasteiger partial charge in [0.15, 0.2) is 0 Å². The van der Waals surface area contributed by atoms with E-state index in [1.165, 1.54) is 7.05 Å². The minimum absolute atomic E-state index is 0.0787. The van der Waals surface area contributed by atoms with E-state index in [4.69, 9.17) is 0 Å². The number of rotatable bonds is 7. The number of halogens is 5. The van der Waals surface area contributed by atoms with Crippen LogP contribution in [0.15, 0.2) is 0 Å². The summed E-state index contributed by atoms with van der Waals surface area (Å²) in [4.78, 5) is 11.6. The van der Waals surface area contributed by atoms with Crippen molar-refractivity contribution in [2.75, 3.05) is 13.6 Å². The largest absolute Gasteiger partial charge is 0.634 e. The minimum Gasteiger partial charge on any atom is -0.634 e. The molecule has 1 rings (SSSR count). The fourth-order valence-electron chi connectivity index (χ4n) is 2.02. The molecule has 2 unspecified atom stereocenters. The molecule has 0 aliphatic rings. The van der Waals surface area contributed by atoms with E-state index < -0.39 is 40.8 Å². The van der Waals surface area contributed by atoms with E-state index >= 15 is 0 Å². The van der Waals surface area contributed by atoms with E-state index in [0.717, 1.165) is 0 Å². The number of hydrogen-bond acceptors (Lipinski definition) is 3. The molecule has 23 heavy (non-hydrogen) atoms. The number of hydroxylamine groups is 2. The molecule has 0 fully saturated rings. The second kappa shape index (κ2) is 8.21. The van der Waals surface area contributed by atoms with Crippen molar-refractivity contribution in [1.29, 1.82) is 0 Å². The summed E-state index contributed by atoms with van der Waals surface area (Å²) in [5.74, 6) is -14.0. The summed E-state index contributed by atoms with van der Waals surface area (Å²) in [5.41, 5.74) is 0. The summed E-state index contributed by atoms with van der Waals surface area (Å²) in [6, 6.07) is 0. The Morgan fingerprint density at radius 1 is 1.09 bits per heavy atom. The van der Waals surface area contributed by atoms with Crippen LogP contribution < -0.4 is 9.80 Å². The smallest absolute Gasteiger partial charge is 0.311 e. The summed E-state index contributed by atoms with van der Waals surface area (Å²) in [7, 11) is 1.38. The zero-order valence-electron chi connectivity index (χ0n) is 12.5. The summed E-state index contributed by atoms with van der Waals surface area (Å²) in [6.45, 7) is 2.02. The van der Waals surface area contributed by atoms with Gasteiger partial charge in [-0.15, -0.1) is 0 Å². The quantitative estimate of drug-likeness (QED) is 0.206. The fourth-order valence-corrected chi connectivity index (χ4v) is 2.02. The van der Waals surface area contributed by atoms with Gasteiger partial charge in [0.1, 0.15) is 0 Å². The van der Waals surface area contributed by atoms with E-state index in [-0.39, 0.29) is 30.4 Å². The van der Waals surface area contributed by atoms with Gasteiger partial charge in [0.25, 0.3) is 0 Å². The normalized spacial score (nSPS) is 13.7. The summed E-state index contributed by atoms with van der Waals surface area (Å²) >= 11 is 0. The zero-order chi connectivity index (χ0) is 17.7. The predicted octanol–water partition coefficient (Wildman–Crippen LogP) is 2.11. The molecule has 0 aromatic heterocycles. The Morgan fingerprint density at radius 3 is 2.00 bits per heavy atom. The standard InChI is InChI=1S/C14H16F5NO3/c1-3-7(6-20(2)22)4-5-8(21)23-14-12(18)10(16)9(15)11(17)13(14)19/h7,20H,3-6H2,1-2H3. The minimum atomic E-state index is -2.33. The predicted molar refractivity (Wildman–Crippen MR) is 70.0 cm³/mol. The van der Waals surface area contributed by atoms with Crippen molar-refractivity contribution in [2.45, 2.75) is 26.2 Å². The molecule has 1 aromatic carbocycles. The van der Waals surface area contributed by atoms with Gasteiger partial charge < -0.3 is 15.0 Å². The maximum atomic E-state index is 13.4. The molecule has 1 aromatic rings. The van der Waals surface area contributed by atoms with Crippen molar-refractivity contribution in [3.8, 4) is 5.75 Å². The van der Waals surface area contributed by atoms with Crippen molar-refractivity contribution in [1.82, 2.24) is 0 Å². The topological polar surface area (TPSA) is 53.8 Å². The molecule has 1 N–H and O–H groups in total. The summed E-state index contributed by atoms with van der Waals surface area (Å²) in [6.07, 6.45) is 0.477.